The predicted molar refractivity (Wildman–Crippen MR) is 79.5 cm³/mol. The second kappa shape index (κ2) is 3.80. The summed E-state index contributed by atoms with van der Waals surface area (Å²) in [7, 11) is 0. The zero-order valence-corrected chi connectivity index (χ0v) is 11.2. The molecule has 0 N–H and O–H groups in total. The van der Waals surface area contributed by atoms with Crippen molar-refractivity contribution in [2.75, 3.05) is 0 Å². The summed E-state index contributed by atoms with van der Waals surface area (Å²) in [5.74, 6) is 0. The maximum atomic E-state index is 4.69. The molecule has 19 heavy (non-hydrogen) atoms. The van der Waals surface area contributed by atoms with E-state index < -0.39 is 0 Å². The van der Waals surface area contributed by atoms with Crippen LogP contribution in [0.5, 0.6) is 0 Å². The minimum atomic E-state index is 0.0372. The highest BCUT2D eigenvalue weighted by Crippen LogP contribution is 2.49. The summed E-state index contributed by atoms with van der Waals surface area (Å²) in [4.78, 5) is 4.69. The number of aryl methyl sites for hydroxylation is 2. The zero-order chi connectivity index (χ0) is 12.9. The quantitative estimate of drug-likeness (QED) is 0.657. The molecular formula is C18H17N. The van der Waals surface area contributed by atoms with Gasteiger partial charge in [0.2, 0.25) is 0 Å². The zero-order valence-electron chi connectivity index (χ0n) is 11.2. The Kier molecular flexibility index (Phi) is 2.20. The van der Waals surface area contributed by atoms with Crippen molar-refractivity contribution in [3.8, 4) is 0 Å². The van der Waals surface area contributed by atoms with Crippen LogP contribution in [0.2, 0.25) is 0 Å². The lowest BCUT2D eigenvalue weighted by atomic mass is 9.66. The van der Waals surface area contributed by atoms with Gasteiger partial charge in [0.05, 0.1) is 11.1 Å². The van der Waals surface area contributed by atoms with E-state index in [1.54, 1.807) is 0 Å². The molecular weight excluding hydrogens is 230 g/mol. The Morgan fingerprint density at radius 3 is 2.89 bits per heavy atom. The third-order valence-electron chi connectivity index (χ3n) is 4.63. The first-order valence-corrected chi connectivity index (χ1v) is 7.05. The molecule has 0 bridgehead atoms. The van der Waals surface area contributed by atoms with Gasteiger partial charge in [0, 0.05) is 6.21 Å². The van der Waals surface area contributed by atoms with Crippen molar-refractivity contribution >= 4 is 11.9 Å². The van der Waals surface area contributed by atoms with Crippen LogP contribution in [0.4, 0.5) is 5.69 Å². The molecule has 1 aliphatic heterocycles. The van der Waals surface area contributed by atoms with E-state index in [0.29, 0.717) is 0 Å². The number of hydrogen-bond acceptors (Lipinski definition) is 1. The van der Waals surface area contributed by atoms with Crippen molar-refractivity contribution < 1.29 is 0 Å². The summed E-state index contributed by atoms with van der Waals surface area (Å²) in [6, 6.07) is 15.3. The van der Waals surface area contributed by atoms with E-state index in [4.69, 9.17) is 4.99 Å². The predicted octanol–water partition coefficient (Wildman–Crippen LogP) is 4.33. The largest absolute Gasteiger partial charge is 0.260 e. The number of rotatable bonds is 0. The normalized spacial score (nSPS) is 23.4. The van der Waals surface area contributed by atoms with Crippen LogP contribution in [0.1, 0.15) is 35.1 Å². The number of hydrogen-bond donors (Lipinski definition) is 0. The highest BCUT2D eigenvalue weighted by molar-refractivity contribution is 5.90. The van der Waals surface area contributed by atoms with E-state index in [9.17, 15) is 0 Å². The molecule has 0 saturated heterocycles. The van der Waals surface area contributed by atoms with Gasteiger partial charge in [-0.15, -0.1) is 0 Å². The first kappa shape index (κ1) is 11.0. The Bertz CT molecular complexity index is 684. The smallest absolute Gasteiger partial charge is 0.0671 e. The van der Waals surface area contributed by atoms with Crippen LogP contribution in [-0.4, -0.2) is 6.21 Å². The average molecular weight is 247 g/mol. The number of fused-ring (bicyclic) bond motifs is 4. The molecule has 4 rings (SSSR count). The molecule has 1 heterocycles. The lowest BCUT2D eigenvalue weighted by Crippen LogP contribution is -2.32. The molecule has 1 atom stereocenters. The van der Waals surface area contributed by atoms with Gasteiger partial charge in [-0.05, 0) is 54.5 Å². The van der Waals surface area contributed by atoms with Gasteiger partial charge in [-0.3, -0.25) is 4.99 Å². The molecule has 1 aliphatic carbocycles. The molecule has 0 saturated carbocycles. The molecule has 0 fully saturated rings. The number of benzene rings is 2. The van der Waals surface area contributed by atoms with Crippen molar-refractivity contribution in [2.24, 2.45) is 4.99 Å². The highest BCUT2D eigenvalue weighted by Gasteiger charge is 2.41. The van der Waals surface area contributed by atoms with Gasteiger partial charge in [0.15, 0.2) is 0 Å². The Morgan fingerprint density at radius 2 is 1.95 bits per heavy atom. The summed E-state index contributed by atoms with van der Waals surface area (Å²) in [5, 5.41) is 0. The maximum absolute atomic E-state index is 4.69. The van der Waals surface area contributed by atoms with E-state index >= 15 is 0 Å². The Labute approximate surface area is 114 Å². The van der Waals surface area contributed by atoms with Gasteiger partial charge in [-0.25, -0.2) is 0 Å². The van der Waals surface area contributed by atoms with Crippen molar-refractivity contribution in [1.29, 1.82) is 0 Å². The van der Waals surface area contributed by atoms with E-state index in [2.05, 4.69) is 55.6 Å². The second-order valence-corrected chi connectivity index (χ2v) is 5.71. The first-order chi connectivity index (χ1) is 9.31. The van der Waals surface area contributed by atoms with Crippen LogP contribution in [0.25, 0.3) is 0 Å². The fourth-order valence-electron chi connectivity index (χ4n) is 3.87. The van der Waals surface area contributed by atoms with Crippen LogP contribution in [-0.2, 0) is 11.8 Å². The molecule has 2 aliphatic rings. The van der Waals surface area contributed by atoms with Crippen molar-refractivity contribution in [3.05, 3.63) is 64.7 Å². The molecule has 0 aromatic heterocycles. The van der Waals surface area contributed by atoms with Crippen molar-refractivity contribution in [1.82, 2.24) is 0 Å². The molecule has 0 radical (unpaired) electrons. The van der Waals surface area contributed by atoms with Gasteiger partial charge in [-0.2, -0.15) is 0 Å². The van der Waals surface area contributed by atoms with Gasteiger partial charge in [0.25, 0.3) is 0 Å². The average Bonchev–Trinajstić information content (AvgIpc) is 2.79. The summed E-state index contributed by atoms with van der Waals surface area (Å²) in [6.07, 6.45) is 5.83. The van der Waals surface area contributed by atoms with Gasteiger partial charge in [0.1, 0.15) is 0 Å². The van der Waals surface area contributed by atoms with Crippen molar-refractivity contribution in [3.63, 3.8) is 0 Å². The maximum Gasteiger partial charge on any atom is 0.0671 e. The number of para-hydroxylation sites is 1. The van der Waals surface area contributed by atoms with E-state index in [1.807, 2.05) is 0 Å². The fourth-order valence-corrected chi connectivity index (χ4v) is 3.87. The van der Waals surface area contributed by atoms with Gasteiger partial charge < -0.3 is 0 Å². The van der Waals surface area contributed by atoms with E-state index in [0.717, 1.165) is 5.69 Å². The minimum Gasteiger partial charge on any atom is -0.260 e. The van der Waals surface area contributed by atoms with Crippen LogP contribution >= 0.6 is 0 Å². The minimum absolute atomic E-state index is 0.0372. The van der Waals surface area contributed by atoms with Gasteiger partial charge in [-0.1, -0.05) is 36.4 Å². The van der Waals surface area contributed by atoms with Crippen LogP contribution in [0.15, 0.2) is 47.5 Å². The molecule has 94 valence electrons. The topological polar surface area (TPSA) is 12.4 Å². The SMILES string of the molecule is Cc1cccc2c1[C@@]1(C=Nc3ccccc31)CCC2. The number of aliphatic imine (C=N–C) groups is 1. The second-order valence-electron chi connectivity index (χ2n) is 5.71. The molecule has 1 nitrogen and oxygen atoms in total. The van der Waals surface area contributed by atoms with E-state index in [-0.39, 0.29) is 5.41 Å². The number of nitrogens with zero attached hydrogens (tertiary/aromatic N) is 1. The highest BCUT2D eigenvalue weighted by atomic mass is 14.8. The Hall–Kier alpha value is -1.89. The molecule has 1 spiro atoms. The molecule has 0 unspecified atom stereocenters. The lowest BCUT2D eigenvalue weighted by molar-refractivity contribution is 0.553. The lowest BCUT2D eigenvalue weighted by Gasteiger charge is -2.36. The van der Waals surface area contributed by atoms with Gasteiger partial charge >= 0.3 is 0 Å². The third-order valence-corrected chi connectivity index (χ3v) is 4.63. The Balaban J connectivity index is 2.04. The van der Waals surface area contributed by atoms with Crippen LogP contribution in [0, 0.1) is 6.92 Å². The molecule has 1 heteroatoms. The molecule has 2 aromatic carbocycles. The summed E-state index contributed by atoms with van der Waals surface area (Å²) < 4.78 is 0. The first-order valence-electron chi connectivity index (χ1n) is 7.05. The van der Waals surface area contributed by atoms with Crippen LogP contribution in [0.3, 0.4) is 0 Å². The van der Waals surface area contributed by atoms with Crippen molar-refractivity contribution in [2.45, 2.75) is 31.6 Å². The van der Waals surface area contributed by atoms with E-state index in [1.165, 1.54) is 41.5 Å². The van der Waals surface area contributed by atoms with Crippen LogP contribution < -0.4 is 0 Å². The Morgan fingerprint density at radius 1 is 1.05 bits per heavy atom. The standard InChI is InChI=1S/C18H17N/c1-13-6-4-7-14-8-5-11-18(17(13)14)12-19-16-10-3-2-9-15(16)18/h2-4,6-7,9-10,12H,5,8,11H2,1H3/t18-/m1/s1. The molecule has 2 aromatic rings. The monoisotopic (exact) mass is 247 g/mol. The summed E-state index contributed by atoms with van der Waals surface area (Å²) in [6.45, 7) is 2.24. The molecule has 0 amide bonds. The summed E-state index contributed by atoms with van der Waals surface area (Å²) >= 11 is 0. The third kappa shape index (κ3) is 1.39. The summed E-state index contributed by atoms with van der Waals surface area (Å²) in [5.41, 5.74) is 7.00. The fraction of sp³-hybridized carbons (Fsp3) is 0.278.